The lowest BCUT2D eigenvalue weighted by Crippen LogP contribution is -2.16. The van der Waals surface area contributed by atoms with Crippen LogP contribution in [0.3, 0.4) is 0 Å². The van der Waals surface area contributed by atoms with E-state index in [4.69, 9.17) is 9.47 Å². The minimum atomic E-state index is -0.689. The zero-order valence-electron chi connectivity index (χ0n) is 11.4. The van der Waals surface area contributed by atoms with Gasteiger partial charge in [0.15, 0.2) is 11.5 Å². The smallest absolute Gasteiger partial charge is 0.161 e. The topological polar surface area (TPSA) is 50.7 Å². The molecule has 4 nitrogen and oxygen atoms in total. The van der Waals surface area contributed by atoms with Crippen molar-refractivity contribution in [1.82, 2.24) is 0 Å². The first-order valence-electron chi connectivity index (χ1n) is 6.79. The van der Waals surface area contributed by atoms with Crippen LogP contribution in [0.5, 0.6) is 11.5 Å². The van der Waals surface area contributed by atoms with E-state index in [0.29, 0.717) is 31.3 Å². The van der Waals surface area contributed by atoms with E-state index in [1.54, 1.807) is 24.3 Å². The maximum absolute atomic E-state index is 12.8. The molecule has 1 atom stereocenters. The summed E-state index contributed by atoms with van der Waals surface area (Å²) in [6.45, 7) is 1.38. The maximum Gasteiger partial charge on any atom is 0.161 e. The third kappa shape index (κ3) is 3.25. The molecule has 21 heavy (non-hydrogen) atoms. The van der Waals surface area contributed by atoms with Gasteiger partial charge in [-0.1, -0.05) is 6.07 Å². The van der Waals surface area contributed by atoms with Gasteiger partial charge < -0.3 is 19.9 Å². The molecular formula is C16H16FNO3. The molecule has 1 unspecified atom stereocenters. The number of benzene rings is 2. The fourth-order valence-corrected chi connectivity index (χ4v) is 2.17. The second-order valence-corrected chi connectivity index (χ2v) is 4.81. The van der Waals surface area contributed by atoms with Crippen LogP contribution in [0.4, 0.5) is 10.1 Å². The van der Waals surface area contributed by atoms with E-state index in [1.165, 1.54) is 12.1 Å². The van der Waals surface area contributed by atoms with Crippen LogP contribution in [0.15, 0.2) is 42.5 Å². The number of nitrogens with one attached hydrogen (secondary N) is 1. The van der Waals surface area contributed by atoms with Gasteiger partial charge in [0, 0.05) is 12.2 Å². The highest BCUT2D eigenvalue weighted by Crippen LogP contribution is 2.32. The lowest BCUT2D eigenvalue weighted by Gasteiger charge is -2.20. The van der Waals surface area contributed by atoms with Crippen LogP contribution in [0.2, 0.25) is 0 Å². The third-order valence-corrected chi connectivity index (χ3v) is 3.29. The van der Waals surface area contributed by atoms with Crippen molar-refractivity contribution in [2.75, 3.05) is 25.1 Å². The summed E-state index contributed by atoms with van der Waals surface area (Å²) in [5.74, 6) is 1.07. The van der Waals surface area contributed by atoms with E-state index in [9.17, 15) is 9.50 Å². The molecule has 110 valence electrons. The zero-order chi connectivity index (χ0) is 14.7. The standard InChI is InChI=1S/C16H16FNO3/c17-12-2-4-13(5-3-12)18-10-14(19)11-1-6-15-16(9-11)21-8-7-20-15/h1-6,9,14,18-19H,7-8,10H2. The van der Waals surface area contributed by atoms with E-state index in [2.05, 4.69) is 5.32 Å². The van der Waals surface area contributed by atoms with Crippen molar-refractivity contribution in [2.45, 2.75) is 6.10 Å². The Hall–Kier alpha value is -2.27. The van der Waals surface area contributed by atoms with E-state index >= 15 is 0 Å². The molecule has 2 N–H and O–H groups in total. The average molecular weight is 289 g/mol. The first-order chi connectivity index (χ1) is 10.2. The van der Waals surface area contributed by atoms with Gasteiger partial charge in [0.05, 0.1) is 6.10 Å². The maximum atomic E-state index is 12.8. The van der Waals surface area contributed by atoms with Gasteiger partial charge in [-0.15, -0.1) is 0 Å². The molecule has 0 saturated carbocycles. The van der Waals surface area contributed by atoms with Gasteiger partial charge in [0.2, 0.25) is 0 Å². The number of hydrogen-bond donors (Lipinski definition) is 2. The molecule has 0 aromatic heterocycles. The molecule has 3 rings (SSSR count). The van der Waals surface area contributed by atoms with Gasteiger partial charge in [0.25, 0.3) is 0 Å². The highest BCUT2D eigenvalue weighted by atomic mass is 19.1. The first kappa shape index (κ1) is 13.7. The highest BCUT2D eigenvalue weighted by molar-refractivity contribution is 5.46. The van der Waals surface area contributed by atoms with Crippen LogP contribution < -0.4 is 14.8 Å². The number of rotatable bonds is 4. The number of ether oxygens (including phenoxy) is 2. The van der Waals surface area contributed by atoms with E-state index in [-0.39, 0.29) is 5.82 Å². The SMILES string of the molecule is OC(CNc1ccc(F)cc1)c1ccc2c(c1)OCCO2. The number of hydrogen-bond acceptors (Lipinski definition) is 4. The molecule has 2 aromatic carbocycles. The number of aliphatic hydroxyl groups is 1. The van der Waals surface area contributed by atoms with E-state index < -0.39 is 6.10 Å². The Morgan fingerprint density at radius 3 is 2.52 bits per heavy atom. The molecule has 2 aromatic rings. The molecule has 0 saturated heterocycles. The summed E-state index contributed by atoms with van der Waals surface area (Å²) in [5.41, 5.74) is 1.50. The summed E-state index contributed by atoms with van der Waals surface area (Å²) in [5, 5.41) is 13.3. The molecule has 0 fully saturated rings. The second kappa shape index (κ2) is 6.01. The lowest BCUT2D eigenvalue weighted by atomic mass is 10.1. The Balaban J connectivity index is 1.65. The average Bonchev–Trinajstić information content (AvgIpc) is 2.53. The van der Waals surface area contributed by atoms with Crippen LogP contribution in [0, 0.1) is 5.82 Å². The van der Waals surface area contributed by atoms with Crippen molar-refractivity contribution in [2.24, 2.45) is 0 Å². The number of halogens is 1. The van der Waals surface area contributed by atoms with Gasteiger partial charge in [0.1, 0.15) is 19.0 Å². The molecule has 1 aliphatic heterocycles. The molecule has 0 spiro atoms. The fourth-order valence-electron chi connectivity index (χ4n) is 2.17. The Kier molecular flexibility index (Phi) is 3.92. The molecule has 1 heterocycles. The Labute approximate surface area is 122 Å². The molecule has 5 heteroatoms. The summed E-state index contributed by atoms with van der Waals surface area (Å²) in [6.07, 6.45) is -0.689. The third-order valence-electron chi connectivity index (χ3n) is 3.29. The van der Waals surface area contributed by atoms with Crippen LogP contribution in [0.1, 0.15) is 11.7 Å². The van der Waals surface area contributed by atoms with Crippen LogP contribution in [0.25, 0.3) is 0 Å². The van der Waals surface area contributed by atoms with Crippen molar-refractivity contribution >= 4 is 5.69 Å². The van der Waals surface area contributed by atoms with Crippen molar-refractivity contribution in [3.63, 3.8) is 0 Å². The van der Waals surface area contributed by atoms with Crippen LogP contribution in [-0.2, 0) is 0 Å². The van der Waals surface area contributed by atoms with Crippen LogP contribution >= 0.6 is 0 Å². The van der Waals surface area contributed by atoms with Crippen molar-refractivity contribution in [3.8, 4) is 11.5 Å². The molecule has 0 radical (unpaired) electrons. The van der Waals surface area contributed by atoms with Gasteiger partial charge in [-0.05, 0) is 42.0 Å². The van der Waals surface area contributed by atoms with Crippen LogP contribution in [-0.4, -0.2) is 24.9 Å². The predicted molar refractivity (Wildman–Crippen MR) is 77.3 cm³/mol. The fraction of sp³-hybridized carbons (Fsp3) is 0.250. The largest absolute Gasteiger partial charge is 0.486 e. The predicted octanol–water partition coefficient (Wildman–Crippen LogP) is 2.74. The van der Waals surface area contributed by atoms with E-state index in [1.807, 2.05) is 6.07 Å². The number of fused-ring (bicyclic) bond motifs is 1. The Morgan fingerprint density at radius 1 is 1.05 bits per heavy atom. The summed E-state index contributed by atoms with van der Waals surface area (Å²) < 4.78 is 23.7. The quantitative estimate of drug-likeness (QED) is 0.908. The van der Waals surface area contributed by atoms with Gasteiger partial charge in [-0.2, -0.15) is 0 Å². The zero-order valence-corrected chi connectivity index (χ0v) is 11.4. The van der Waals surface area contributed by atoms with Gasteiger partial charge in [-0.3, -0.25) is 0 Å². The van der Waals surface area contributed by atoms with Crippen molar-refractivity contribution in [1.29, 1.82) is 0 Å². The van der Waals surface area contributed by atoms with E-state index in [0.717, 1.165) is 11.3 Å². The Bertz CT molecular complexity index is 615. The number of aliphatic hydroxyl groups excluding tert-OH is 1. The van der Waals surface area contributed by atoms with Crippen molar-refractivity contribution in [3.05, 3.63) is 53.8 Å². The lowest BCUT2D eigenvalue weighted by molar-refractivity contribution is 0.167. The van der Waals surface area contributed by atoms with Gasteiger partial charge >= 0.3 is 0 Å². The molecule has 1 aliphatic rings. The normalized spacial score (nSPS) is 14.6. The van der Waals surface area contributed by atoms with Gasteiger partial charge in [-0.25, -0.2) is 4.39 Å². The highest BCUT2D eigenvalue weighted by Gasteiger charge is 2.15. The summed E-state index contributed by atoms with van der Waals surface area (Å²) in [7, 11) is 0. The summed E-state index contributed by atoms with van der Waals surface area (Å²) in [6, 6.07) is 11.4. The molecule has 0 amide bonds. The Morgan fingerprint density at radius 2 is 1.76 bits per heavy atom. The number of anilines is 1. The second-order valence-electron chi connectivity index (χ2n) is 4.81. The first-order valence-corrected chi connectivity index (χ1v) is 6.79. The summed E-state index contributed by atoms with van der Waals surface area (Å²) >= 11 is 0. The molecule has 0 aliphatic carbocycles. The minimum Gasteiger partial charge on any atom is -0.486 e. The monoisotopic (exact) mass is 289 g/mol. The summed E-state index contributed by atoms with van der Waals surface area (Å²) in [4.78, 5) is 0. The minimum absolute atomic E-state index is 0.284. The van der Waals surface area contributed by atoms with Crippen molar-refractivity contribution < 1.29 is 19.0 Å². The molecule has 0 bridgehead atoms. The molecular weight excluding hydrogens is 273 g/mol.